The Bertz CT molecular complexity index is 474. The van der Waals surface area contributed by atoms with Crippen LogP contribution in [0.25, 0.3) is 0 Å². The summed E-state index contributed by atoms with van der Waals surface area (Å²) in [6, 6.07) is 8.17. The van der Waals surface area contributed by atoms with Gasteiger partial charge in [-0.2, -0.15) is 0 Å². The predicted octanol–water partition coefficient (Wildman–Crippen LogP) is 3.67. The van der Waals surface area contributed by atoms with Gasteiger partial charge in [0.15, 0.2) is 0 Å². The zero-order valence-electron chi connectivity index (χ0n) is 13.4. The minimum Gasteiger partial charge on any atom is -0.480 e. The van der Waals surface area contributed by atoms with E-state index in [1.807, 2.05) is 19.1 Å². The largest absolute Gasteiger partial charge is 0.480 e. The summed E-state index contributed by atoms with van der Waals surface area (Å²) in [4.78, 5) is 14.1. The summed E-state index contributed by atoms with van der Waals surface area (Å²) >= 11 is 0. The van der Waals surface area contributed by atoms with E-state index in [2.05, 4.69) is 30.9 Å². The summed E-state index contributed by atoms with van der Waals surface area (Å²) in [7, 11) is 0. The van der Waals surface area contributed by atoms with Crippen molar-refractivity contribution in [3.63, 3.8) is 0 Å². The Morgan fingerprint density at radius 2 is 1.76 bits per heavy atom. The Kier molecular flexibility index (Phi) is 5.04. The lowest BCUT2D eigenvalue weighted by molar-refractivity contribution is -0.152. The molecule has 21 heavy (non-hydrogen) atoms. The molecular formula is C18H27NO2. The first kappa shape index (κ1) is 16.0. The molecule has 3 nitrogen and oxygen atoms in total. The second-order valence-corrected chi connectivity index (χ2v) is 6.72. The summed E-state index contributed by atoms with van der Waals surface area (Å²) < 4.78 is 0. The predicted molar refractivity (Wildman–Crippen MR) is 85.4 cm³/mol. The van der Waals surface area contributed by atoms with Crippen molar-refractivity contribution in [3.8, 4) is 0 Å². The van der Waals surface area contributed by atoms with Gasteiger partial charge in [0.2, 0.25) is 0 Å². The molecule has 2 rings (SSSR count). The summed E-state index contributed by atoms with van der Waals surface area (Å²) in [5.74, 6) is -0.134. The van der Waals surface area contributed by atoms with Crippen LogP contribution in [0.1, 0.15) is 51.2 Å². The second kappa shape index (κ2) is 6.61. The van der Waals surface area contributed by atoms with Crippen LogP contribution >= 0.6 is 0 Å². The van der Waals surface area contributed by atoms with E-state index >= 15 is 0 Å². The topological polar surface area (TPSA) is 40.5 Å². The molecule has 1 unspecified atom stereocenters. The fourth-order valence-corrected chi connectivity index (χ4v) is 3.22. The van der Waals surface area contributed by atoms with Crippen molar-refractivity contribution >= 4 is 5.97 Å². The lowest BCUT2D eigenvalue weighted by atomic mass is 9.87. The molecule has 1 aliphatic rings. The van der Waals surface area contributed by atoms with Crippen LogP contribution in [0.4, 0.5) is 0 Å². The molecule has 116 valence electrons. The Morgan fingerprint density at radius 3 is 2.24 bits per heavy atom. The van der Waals surface area contributed by atoms with Gasteiger partial charge in [-0.15, -0.1) is 0 Å². The number of piperidine rings is 1. The third kappa shape index (κ3) is 3.46. The highest BCUT2D eigenvalue weighted by atomic mass is 16.4. The summed E-state index contributed by atoms with van der Waals surface area (Å²) in [6.45, 7) is 7.98. The fourth-order valence-electron chi connectivity index (χ4n) is 3.22. The molecular weight excluding hydrogens is 262 g/mol. The summed E-state index contributed by atoms with van der Waals surface area (Å²) in [5.41, 5.74) is 1.26. The first-order valence-electron chi connectivity index (χ1n) is 8.02. The molecule has 1 fully saturated rings. The van der Waals surface area contributed by atoms with E-state index in [1.54, 1.807) is 0 Å². The third-order valence-electron chi connectivity index (χ3n) is 4.56. The highest BCUT2D eigenvalue weighted by molar-refractivity contribution is 5.80. The highest BCUT2D eigenvalue weighted by Gasteiger charge is 2.41. The van der Waals surface area contributed by atoms with Gasteiger partial charge in [-0.05, 0) is 56.3 Å². The maximum absolute atomic E-state index is 11.9. The molecule has 0 aliphatic carbocycles. The minimum atomic E-state index is -0.906. The van der Waals surface area contributed by atoms with Crippen LogP contribution in [0.5, 0.6) is 0 Å². The molecule has 0 radical (unpaired) electrons. The van der Waals surface area contributed by atoms with Crippen molar-refractivity contribution in [1.29, 1.82) is 0 Å². The number of carboxylic acids is 1. The number of nitrogens with zero attached hydrogens (tertiary/aromatic N) is 1. The number of benzene rings is 1. The van der Waals surface area contributed by atoms with E-state index in [1.165, 1.54) is 12.0 Å². The van der Waals surface area contributed by atoms with Gasteiger partial charge >= 0.3 is 5.97 Å². The quantitative estimate of drug-likeness (QED) is 0.899. The van der Waals surface area contributed by atoms with Gasteiger partial charge < -0.3 is 5.11 Å². The van der Waals surface area contributed by atoms with Gasteiger partial charge in [0.1, 0.15) is 5.54 Å². The maximum Gasteiger partial charge on any atom is 0.328 e. The Hall–Kier alpha value is -1.35. The molecule has 1 aromatic carbocycles. The maximum atomic E-state index is 11.9. The number of rotatable bonds is 5. The number of likely N-dealkylation sites (tertiary alicyclic amines) is 1. The Balaban J connectivity index is 2.27. The van der Waals surface area contributed by atoms with Gasteiger partial charge in [-0.25, -0.2) is 4.79 Å². The van der Waals surface area contributed by atoms with Crippen LogP contribution in [-0.2, 0) is 16.8 Å². The third-order valence-corrected chi connectivity index (χ3v) is 4.56. The molecule has 1 aliphatic heterocycles. The lowest BCUT2D eigenvalue weighted by Gasteiger charge is -2.40. The first-order chi connectivity index (χ1) is 9.94. The van der Waals surface area contributed by atoms with E-state index in [0.717, 1.165) is 37.9 Å². The molecule has 3 heteroatoms. The summed E-state index contributed by atoms with van der Waals surface area (Å²) in [5, 5.41) is 9.81. The molecule has 1 N–H and O–H groups in total. The van der Waals surface area contributed by atoms with Crippen molar-refractivity contribution < 1.29 is 9.90 Å². The average Bonchev–Trinajstić information content (AvgIpc) is 2.47. The van der Waals surface area contributed by atoms with E-state index in [4.69, 9.17) is 0 Å². The van der Waals surface area contributed by atoms with Crippen LogP contribution in [0.2, 0.25) is 0 Å². The zero-order valence-corrected chi connectivity index (χ0v) is 13.4. The molecule has 0 amide bonds. The number of aliphatic carboxylic acids is 1. The lowest BCUT2D eigenvalue weighted by Crippen LogP contribution is -2.51. The smallest absolute Gasteiger partial charge is 0.328 e. The van der Waals surface area contributed by atoms with E-state index in [0.29, 0.717) is 5.92 Å². The van der Waals surface area contributed by atoms with Gasteiger partial charge in [0, 0.05) is 0 Å². The van der Waals surface area contributed by atoms with Gasteiger partial charge in [0.25, 0.3) is 0 Å². The molecule has 0 saturated carbocycles. The van der Waals surface area contributed by atoms with Crippen LogP contribution in [0.3, 0.4) is 0 Å². The molecule has 1 aromatic rings. The van der Waals surface area contributed by atoms with Crippen molar-refractivity contribution in [3.05, 3.63) is 35.4 Å². The van der Waals surface area contributed by atoms with Gasteiger partial charge in [-0.1, -0.05) is 44.5 Å². The Morgan fingerprint density at radius 1 is 1.19 bits per heavy atom. The fraction of sp³-hybridized carbons (Fsp3) is 0.611. The van der Waals surface area contributed by atoms with Crippen LogP contribution in [0, 0.1) is 5.92 Å². The van der Waals surface area contributed by atoms with E-state index in [-0.39, 0.29) is 0 Å². The standard InChI is InChI=1S/C18H27NO2/c1-14(2)13-15-7-9-16(10-8-15)18(3,17(20)21)19-11-5-4-6-12-19/h7-10,14H,4-6,11-13H2,1-3H3,(H,20,21). The van der Waals surface area contributed by atoms with Crippen molar-refractivity contribution in [2.24, 2.45) is 5.92 Å². The number of hydrogen-bond acceptors (Lipinski definition) is 2. The monoisotopic (exact) mass is 289 g/mol. The second-order valence-electron chi connectivity index (χ2n) is 6.72. The van der Waals surface area contributed by atoms with Crippen LogP contribution in [0.15, 0.2) is 24.3 Å². The summed E-state index contributed by atoms with van der Waals surface area (Å²) in [6.07, 6.45) is 4.43. The normalized spacial score (nSPS) is 19.4. The molecule has 0 bridgehead atoms. The van der Waals surface area contributed by atoms with Gasteiger partial charge in [-0.3, -0.25) is 4.90 Å². The van der Waals surface area contributed by atoms with Crippen molar-refractivity contribution in [2.45, 2.75) is 52.0 Å². The Labute approximate surface area is 128 Å². The molecule has 1 heterocycles. The van der Waals surface area contributed by atoms with Gasteiger partial charge in [0.05, 0.1) is 0 Å². The minimum absolute atomic E-state index is 0.615. The number of carboxylic acid groups (broad SMARTS) is 1. The highest BCUT2D eigenvalue weighted by Crippen LogP contribution is 2.31. The molecule has 0 spiro atoms. The SMILES string of the molecule is CC(C)Cc1ccc(C(C)(C(=O)O)N2CCCCC2)cc1. The van der Waals surface area contributed by atoms with E-state index < -0.39 is 11.5 Å². The molecule has 0 aromatic heterocycles. The van der Waals surface area contributed by atoms with Crippen molar-refractivity contribution in [1.82, 2.24) is 4.90 Å². The number of hydrogen-bond donors (Lipinski definition) is 1. The zero-order chi connectivity index (χ0) is 15.5. The number of carbonyl (C=O) groups is 1. The average molecular weight is 289 g/mol. The van der Waals surface area contributed by atoms with Crippen LogP contribution < -0.4 is 0 Å². The first-order valence-corrected chi connectivity index (χ1v) is 8.02. The van der Waals surface area contributed by atoms with E-state index in [9.17, 15) is 9.90 Å². The molecule has 1 saturated heterocycles. The molecule has 1 atom stereocenters. The van der Waals surface area contributed by atoms with Crippen LogP contribution in [-0.4, -0.2) is 29.1 Å². The van der Waals surface area contributed by atoms with Crippen molar-refractivity contribution in [2.75, 3.05) is 13.1 Å².